The fourth-order valence-electron chi connectivity index (χ4n) is 10.0. The van der Waals surface area contributed by atoms with Gasteiger partial charge in [0.15, 0.2) is 5.78 Å². The number of Topliss-reactive ketones (excluding diaryl/α,β-unsaturated/α-hetero) is 2. The second-order valence-electron chi connectivity index (χ2n) is 19.4. The number of nitrogens with zero attached hydrogens (tertiary/aromatic N) is 4. The molecule has 2 saturated heterocycles. The third-order valence-electron chi connectivity index (χ3n) is 14.2. The van der Waals surface area contributed by atoms with Crippen molar-refractivity contribution in [1.29, 1.82) is 0 Å². The number of hydrogen-bond acceptors (Lipinski definition) is 13. The average molecular weight is 912 g/mol. The highest BCUT2D eigenvalue weighted by atomic mass is 16.6. The number of ether oxygens (including phenoxy) is 4. The number of nitrogens with two attached hydrogens (primary N) is 1. The largest absolute Gasteiger partial charge is 0.459 e. The maximum absolute atomic E-state index is 14.3. The van der Waals surface area contributed by atoms with Crippen LogP contribution >= 0.6 is 0 Å². The third-order valence-corrected chi connectivity index (χ3v) is 14.2. The number of methoxy groups -OCH3 is 2. The molecule has 5 N–H and O–H groups in total. The van der Waals surface area contributed by atoms with Gasteiger partial charge in [0.2, 0.25) is 5.79 Å². The lowest BCUT2D eigenvalue weighted by Gasteiger charge is -2.42. The normalized spacial score (nSPS) is 38.9. The Morgan fingerprint density at radius 2 is 1.63 bits per heavy atom. The Kier molecular flexibility index (Phi) is 21.1. The van der Waals surface area contributed by atoms with Gasteiger partial charge in [-0.2, -0.15) is 0 Å². The summed E-state index contributed by atoms with van der Waals surface area (Å²) >= 11 is 0. The Hall–Kier alpha value is -3.73. The van der Waals surface area contributed by atoms with Crippen molar-refractivity contribution in [3.63, 3.8) is 0 Å². The number of carbonyl (C=O) groups is 4. The summed E-state index contributed by atoms with van der Waals surface area (Å²) in [5.74, 6) is -7.05. The first-order valence-corrected chi connectivity index (χ1v) is 23.8. The summed E-state index contributed by atoms with van der Waals surface area (Å²) in [7, 11) is 3.15. The van der Waals surface area contributed by atoms with Gasteiger partial charge < -0.3 is 44.9 Å². The van der Waals surface area contributed by atoms with Crippen LogP contribution in [0.5, 0.6) is 0 Å². The van der Waals surface area contributed by atoms with Crippen LogP contribution in [0.25, 0.3) is 10.4 Å². The molecule has 0 aromatic carbocycles. The molecule has 3 heterocycles. The lowest BCUT2D eigenvalue weighted by atomic mass is 9.79. The van der Waals surface area contributed by atoms with Crippen molar-refractivity contribution in [3.8, 4) is 0 Å². The number of ketones is 2. The zero-order chi connectivity index (χ0) is 48.0. The number of allylic oxidation sites excluding steroid dienone is 6. The van der Waals surface area contributed by atoms with Crippen LogP contribution in [0.2, 0.25) is 0 Å². The lowest BCUT2D eigenvalue weighted by Crippen LogP contribution is -2.61. The number of azide groups is 1. The van der Waals surface area contributed by atoms with Gasteiger partial charge in [-0.3, -0.25) is 14.4 Å². The van der Waals surface area contributed by atoms with Gasteiger partial charge >= 0.3 is 5.97 Å². The smallest absolute Gasteiger partial charge is 0.329 e. The number of rotatable bonds is 6. The number of cyclic esters (lactones) is 1. The Morgan fingerprint density at radius 3 is 2.32 bits per heavy atom. The van der Waals surface area contributed by atoms with Crippen LogP contribution in [0.4, 0.5) is 0 Å². The molecule has 65 heavy (non-hydrogen) atoms. The second kappa shape index (κ2) is 25.4. The zero-order valence-corrected chi connectivity index (χ0v) is 39.9. The standard InChI is InChI=1S/C49H77N5O11/c1-29-14-10-9-11-15-31(3)41(62-7)28-36-20-18-34(6)49(61,65-36)46(58)47(59)54-23-13-12-16-39(54)48(60)64-40(37(50)26-35-19-21-38(52-53-51)42(27-35)63-8)22-17-30(2)25-33(5)44(56)45(57)43(55)32(4)24-29/h9-11,14-15,25,29-30,32,34-42,44-45,56-57,61H,12-13,16-24,26-28,50H2,1-8H3/b11-9?,14-10+,31-15?,33-25+/t29-,30+,32-,34-,35+,36+,37-,38?,39+,40+,41+,42-,44-,45+,49-/m1/s1. The van der Waals surface area contributed by atoms with E-state index in [1.54, 1.807) is 41.1 Å². The zero-order valence-electron chi connectivity index (χ0n) is 39.9. The molecule has 0 aromatic rings. The van der Waals surface area contributed by atoms with E-state index >= 15 is 0 Å². The van der Waals surface area contributed by atoms with Gasteiger partial charge in [-0.15, -0.1) is 0 Å². The molecule has 16 heteroatoms. The highest BCUT2D eigenvalue weighted by Gasteiger charge is 2.53. The van der Waals surface area contributed by atoms with Crippen molar-refractivity contribution < 1.29 is 53.4 Å². The van der Waals surface area contributed by atoms with Crippen LogP contribution in [0.3, 0.4) is 0 Å². The highest BCUT2D eigenvalue weighted by Crippen LogP contribution is 2.37. The van der Waals surface area contributed by atoms with Crippen molar-refractivity contribution >= 4 is 23.4 Å². The summed E-state index contributed by atoms with van der Waals surface area (Å²) in [6, 6.07) is -2.05. The number of piperidine rings is 1. The molecular weight excluding hydrogens is 835 g/mol. The molecular formula is C49H77N5O11. The van der Waals surface area contributed by atoms with Gasteiger partial charge in [-0.05, 0) is 125 Å². The molecule has 3 fully saturated rings. The Balaban J connectivity index is 1.66. The Morgan fingerprint density at radius 1 is 0.892 bits per heavy atom. The third kappa shape index (κ3) is 14.6. The van der Waals surface area contributed by atoms with Crippen molar-refractivity contribution in [2.45, 2.75) is 186 Å². The fourth-order valence-corrected chi connectivity index (χ4v) is 10.0. The van der Waals surface area contributed by atoms with Gasteiger partial charge in [0, 0.05) is 50.0 Å². The monoisotopic (exact) mass is 912 g/mol. The van der Waals surface area contributed by atoms with Gasteiger partial charge in [-0.25, -0.2) is 4.79 Å². The molecule has 1 saturated carbocycles. The Labute approximate surface area is 385 Å². The predicted octanol–water partition coefficient (Wildman–Crippen LogP) is 6.36. The van der Waals surface area contributed by atoms with E-state index in [0.717, 1.165) is 12.0 Å². The summed E-state index contributed by atoms with van der Waals surface area (Å²) in [5.41, 5.74) is 17.3. The van der Waals surface area contributed by atoms with Crippen LogP contribution in [0, 0.1) is 29.6 Å². The van der Waals surface area contributed by atoms with Gasteiger partial charge in [0.1, 0.15) is 24.4 Å². The van der Waals surface area contributed by atoms with Crippen LogP contribution in [-0.4, -0.2) is 125 Å². The van der Waals surface area contributed by atoms with E-state index in [9.17, 15) is 34.5 Å². The maximum Gasteiger partial charge on any atom is 0.329 e. The van der Waals surface area contributed by atoms with E-state index in [0.29, 0.717) is 76.2 Å². The van der Waals surface area contributed by atoms with Gasteiger partial charge in [0.05, 0.1) is 24.4 Å². The fraction of sp³-hybridized carbons (Fsp3) is 0.755. The topological polar surface area (TPSA) is 244 Å². The number of hydrogen-bond donors (Lipinski definition) is 4. The maximum atomic E-state index is 14.3. The molecule has 3 aliphatic heterocycles. The number of aliphatic hydroxyl groups is 3. The van der Waals surface area contributed by atoms with E-state index in [2.05, 4.69) is 10.0 Å². The minimum absolute atomic E-state index is 0.00467. The van der Waals surface area contributed by atoms with Crippen LogP contribution in [-0.2, 0) is 38.1 Å². The van der Waals surface area contributed by atoms with E-state index in [1.165, 1.54) is 4.90 Å². The summed E-state index contributed by atoms with van der Waals surface area (Å²) in [5, 5.41) is 38.0. The summed E-state index contributed by atoms with van der Waals surface area (Å²) < 4.78 is 23.9. The number of aliphatic hydroxyl groups excluding tert-OH is 2. The van der Waals surface area contributed by atoms with Crippen molar-refractivity contribution in [2.75, 3.05) is 20.8 Å². The van der Waals surface area contributed by atoms with Gasteiger partial charge in [0.25, 0.3) is 11.7 Å². The molecule has 15 atom stereocenters. The number of amides is 1. The summed E-state index contributed by atoms with van der Waals surface area (Å²) in [6.07, 6.45) is 12.4. The number of esters is 1. The molecule has 1 aliphatic carbocycles. The second-order valence-corrected chi connectivity index (χ2v) is 19.4. The summed E-state index contributed by atoms with van der Waals surface area (Å²) in [4.78, 5) is 60.3. The van der Waals surface area contributed by atoms with E-state index < -0.39 is 83.7 Å². The first-order valence-electron chi connectivity index (χ1n) is 23.8. The van der Waals surface area contributed by atoms with Gasteiger partial charge in [-0.1, -0.05) is 69.3 Å². The quantitative estimate of drug-likeness (QED) is 0.0569. The van der Waals surface area contributed by atoms with E-state index in [1.807, 2.05) is 51.2 Å². The van der Waals surface area contributed by atoms with Crippen LogP contribution in [0.1, 0.15) is 125 Å². The molecule has 2 bridgehead atoms. The molecule has 0 aromatic heterocycles. The molecule has 1 amide bonds. The molecule has 0 spiro atoms. The van der Waals surface area contributed by atoms with Crippen molar-refractivity contribution in [3.05, 3.63) is 58.0 Å². The molecule has 1 unspecified atom stereocenters. The molecule has 4 rings (SSSR count). The molecule has 0 radical (unpaired) electrons. The van der Waals surface area contributed by atoms with Crippen molar-refractivity contribution in [2.24, 2.45) is 40.4 Å². The molecule has 16 nitrogen and oxygen atoms in total. The first kappa shape index (κ1) is 53.9. The van der Waals surface area contributed by atoms with Crippen molar-refractivity contribution in [1.82, 2.24) is 4.90 Å². The predicted molar refractivity (Wildman–Crippen MR) is 246 cm³/mol. The number of fused-ring (bicyclic) bond motifs is 3. The first-order chi connectivity index (χ1) is 30.8. The lowest BCUT2D eigenvalue weighted by molar-refractivity contribution is -0.265. The van der Waals surface area contributed by atoms with E-state index in [4.69, 9.17) is 30.2 Å². The Bertz CT molecular complexity index is 1800. The SMILES string of the molecule is CO[C@H]1C[C@@H]2CC[C@@H](C)[C@@](O)(O2)C(=O)C(=O)N2CCCC[C@H]2C(=O)O[C@H]([C@H](N)C[C@@H]2CCC(N=[N+]=[N-])[C@H](OC)C2)CC[C@H](C)/C=C(\C)[C@@H](O)[C@@H](O)C(=O)[C@H](C)C[C@H](C)/C=C/C=CC=C1C. The minimum Gasteiger partial charge on any atom is -0.459 e. The summed E-state index contributed by atoms with van der Waals surface area (Å²) in [6.45, 7) is 11.0. The van der Waals surface area contributed by atoms with E-state index in [-0.39, 0.29) is 42.9 Å². The average Bonchev–Trinajstić information content (AvgIpc) is 3.29. The van der Waals surface area contributed by atoms with Crippen LogP contribution < -0.4 is 5.73 Å². The number of carbonyl (C=O) groups excluding carboxylic acids is 4. The minimum atomic E-state index is -2.42. The van der Waals surface area contributed by atoms with Crippen LogP contribution in [0.15, 0.2) is 52.7 Å². The molecule has 364 valence electrons. The molecule has 4 aliphatic rings. The highest BCUT2D eigenvalue weighted by molar-refractivity contribution is 6.39.